The average Bonchev–Trinajstić information content (AvgIpc) is 3.18. The summed E-state index contributed by atoms with van der Waals surface area (Å²) in [5.41, 5.74) is 2.41. The van der Waals surface area contributed by atoms with Crippen molar-refractivity contribution in [2.24, 2.45) is 0 Å². The fraction of sp³-hybridized carbons (Fsp3) is 0.150. The second-order valence-corrected chi connectivity index (χ2v) is 8.04. The second-order valence-electron chi connectivity index (χ2n) is 5.98. The fourth-order valence-electron chi connectivity index (χ4n) is 2.97. The highest BCUT2D eigenvalue weighted by molar-refractivity contribution is 8.08. The summed E-state index contributed by atoms with van der Waals surface area (Å²) in [7, 11) is 1.94. The second kappa shape index (κ2) is 7.06. The predicted molar refractivity (Wildman–Crippen MR) is 110 cm³/mol. The minimum atomic E-state index is 0.00680. The maximum atomic E-state index is 13.0. The SMILES string of the molecule is CCn1c(=O)/c(=C2\Sc3ccc(C#N)cc3N2C)s/c1=C\c1ccccn1. The van der Waals surface area contributed by atoms with E-state index in [4.69, 9.17) is 5.26 Å². The van der Waals surface area contributed by atoms with Crippen LogP contribution >= 0.6 is 23.1 Å². The third kappa shape index (κ3) is 3.07. The molecule has 0 N–H and O–H groups in total. The number of nitriles is 1. The summed E-state index contributed by atoms with van der Waals surface area (Å²) >= 11 is 3.05. The highest BCUT2D eigenvalue weighted by Gasteiger charge is 2.25. The number of thiazole rings is 1. The van der Waals surface area contributed by atoms with Crippen molar-refractivity contribution in [1.82, 2.24) is 9.55 Å². The first kappa shape index (κ1) is 17.6. The summed E-state index contributed by atoms with van der Waals surface area (Å²) in [4.78, 5) is 20.4. The number of nitrogens with zero attached hydrogens (tertiary/aromatic N) is 4. The van der Waals surface area contributed by atoms with Crippen LogP contribution in [0.2, 0.25) is 0 Å². The van der Waals surface area contributed by atoms with Crippen LogP contribution in [0, 0.1) is 11.3 Å². The molecule has 0 saturated heterocycles. The molecule has 0 unspecified atom stereocenters. The van der Waals surface area contributed by atoms with E-state index >= 15 is 0 Å². The zero-order valence-corrected chi connectivity index (χ0v) is 16.5. The summed E-state index contributed by atoms with van der Waals surface area (Å²) in [6.07, 6.45) is 3.69. The smallest absolute Gasteiger partial charge is 0.271 e. The zero-order valence-electron chi connectivity index (χ0n) is 14.8. The maximum Gasteiger partial charge on any atom is 0.271 e. The van der Waals surface area contributed by atoms with E-state index in [9.17, 15) is 4.79 Å². The average molecular weight is 393 g/mol. The Morgan fingerprint density at radius 3 is 2.85 bits per heavy atom. The van der Waals surface area contributed by atoms with Gasteiger partial charge < -0.3 is 4.90 Å². The van der Waals surface area contributed by atoms with Crippen molar-refractivity contribution in [3.05, 3.63) is 73.4 Å². The molecule has 0 atom stereocenters. The van der Waals surface area contributed by atoms with Crippen LogP contribution in [0.15, 0.2) is 52.3 Å². The van der Waals surface area contributed by atoms with E-state index in [0.29, 0.717) is 16.6 Å². The summed E-state index contributed by atoms with van der Waals surface area (Å²) in [5.74, 6) is 0. The summed E-state index contributed by atoms with van der Waals surface area (Å²) in [5, 5.41) is 10.1. The number of fused-ring (bicyclic) bond motifs is 1. The lowest BCUT2D eigenvalue weighted by Crippen LogP contribution is -2.33. The molecule has 0 fully saturated rings. The van der Waals surface area contributed by atoms with Crippen LogP contribution in [0.3, 0.4) is 0 Å². The van der Waals surface area contributed by atoms with Gasteiger partial charge in [-0.25, -0.2) is 0 Å². The molecule has 27 heavy (non-hydrogen) atoms. The number of hydrogen-bond donors (Lipinski definition) is 0. The Labute approximate surface area is 164 Å². The van der Waals surface area contributed by atoms with Gasteiger partial charge in [0.1, 0.15) is 14.2 Å². The number of thioether (sulfide) groups is 1. The van der Waals surface area contributed by atoms with Crippen molar-refractivity contribution in [2.75, 3.05) is 11.9 Å². The number of aromatic nitrogens is 2. The number of hydrogen-bond acceptors (Lipinski definition) is 6. The molecule has 134 valence electrons. The van der Waals surface area contributed by atoms with E-state index < -0.39 is 0 Å². The zero-order chi connectivity index (χ0) is 19.0. The molecule has 5 nitrogen and oxygen atoms in total. The van der Waals surface area contributed by atoms with Gasteiger partial charge in [-0.15, -0.1) is 11.3 Å². The normalized spacial score (nSPS) is 15.7. The number of benzene rings is 1. The third-order valence-electron chi connectivity index (χ3n) is 4.34. The van der Waals surface area contributed by atoms with Crippen LogP contribution < -0.4 is 19.7 Å². The number of pyridine rings is 1. The Morgan fingerprint density at radius 2 is 2.15 bits per heavy atom. The minimum absolute atomic E-state index is 0.00680. The van der Waals surface area contributed by atoms with E-state index in [2.05, 4.69) is 11.1 Å². The Hall–Kier alpha value is -2.82. The highest BCUT2D eigenvalue weighted by atomic mass is 32.2. The molecule has 1 aromatic carbocycles. The van der Waals surface area contributed by atoms with E-state index in [1.165, 1.54) is 11.3 Å². The lowest BCUT2D eigenvalue weighted by molar-refractivity contribution is 0.722. The molecule has 0 radical (unpaired) electrons. The monoisotopic (exact) mass is 392 g/mol. The molecular formula is C20H16N4OS2. The van der Waals surface area contributed by atoms with E-state index in [0.717, 1.165) is 26.0 Å². The lowest BCUT2D eigenvalue weighted by Gasteiger charge is -2.12. The van der Waals surface area contributed by atoms with Crippen LogP contribution in [-0.4, -0.2) is 16.6 Å². The van der Waals surface area contributed by atoms with E-state index in [1.807, 2.05) is 61.3 Å². The van der Waals surface area contributed by atoms with Crippen molar-refractivity contribution < 1.29 is 0 Å². The minimum Gasteiger partial charge on any atom is -0.337 e. The van der Waals surface area contributed by atoms with Gasteiger partial charge in [-0.3, -0.25) is 14.3 Å². The Kier molecular flexibility index (Phi) is 4.60. The molecule has 0 aliphatic carbocycles. The number of anilines is 1. The predicted octanol–water partition coefficient (Wildman–Crippen LogP) is 2.33. The molecule has 4 rings (SSSR count). The van der Waals surface area contributed by atoms with Gasteiger partial charge in [0.2, 0.25) is 0 Å². The Balaban J connectivity index is 1.92. The van der Waals surface area contributed by atoms with Gasteiger partial charge in [-0.2, -0.15) is 5.26 Å². The van der Waals surface area contributed by atoms with E-state index in [1.54, 1.807) is 22.5 Å². The van der Waals surface area contributed by atoms with E-state index in [-0.39, 0.29) is 5.56 Å². The summed E-state index contributed by atoms with van der Waals surface area (Å²) in [6.45, 7) is 2.57. The molecule has 2 aromatic heterocycles. The van der Waals surface area contributed by atoms with Crippen molar-refractivity contribution in [2.45, 2.75) is 18.4 Å². The Bertz CT molecular complexity index is 1240. The van der Waals surface area contributed by atoms with Crippen LogP contribution in [0.1, 0.15) is 18.2 Å². The van der Waals surface area contributed by atoms with Crippen LogP contribution in [0.25, 0.3) is 11.1 Å². The standard InChI is InChI=1S/C20H16N4OS2/c1-3-24-17(11-14-6-4-5-9-22-14)27-18(19(24)25)20-23(2)15-10-13(12-21)7-8-16(15)26-20/h4-11H,3H2,1-2H3/b17-11-,20-18+. The van der Waals surface area contributed by atoms with Gasteiger partial charge in [-0.05, 0) is 43.3 Å². The van der Waals surface area contributed by atoms with Crippen molar-refractivity contribution in [1.29, 1.82) is 5.26 Å². The fourth-order valence-corrected chi connectivity index (χ4v) is 5.41. The van der Waals surface area contributed by atoms with Crippen molar-refractivity contribution >= 4 is 39.9 Å². The molecule has 1 aliphatic rings. The molecule has 0 saturated carbocycles. The highest BCUT2D eigenvalue weighted by Crippen LogP contribution is 2.45. The number of rotatable bonds is 2. The maximum absolute atomic E-state index is 13.0. The largest absolute Gasteiger partial charge is 0.337 e. The third-order valence-corrected chi connectivity index (χ3v) is 6.83. The molecule has 1 aliphatic heterocycles. The van der Waals surface area contributed by atoms with Gasteiger partial charge in [0.15, 0.2) is 0 Å². The molecule has 0 amide bonds. The van der Waals surface area contributed by atoms with Gasteiger partial charge in [0, 0.05) is 24.7 Å². The molecule has 3 aromatic rings. The van der Waals surface area contributed by atoms with Crippen LogP contribution in [0.5, 0.6) is 0 Å². The van der Waals surface area contributed by atoms with Gasteiger partial charge in [0.25, 0.3) is 5.56 Å². The van der Waals surface area contributed by atoms with Crippen LogP contribution in [-0.2, 0) is 6.54 Å². The quantitative estimate of drug-likeness (QED) is 0.670. The first-order chi connectivity index (χ1) is 13.1. The van der Waals surface area contributed by atoms with Gasteiger partial charge in [-0.1, -0.05) is 17.8 Å². The Morgan fingerprint density at radius 1 is 1.30 bits per heavy atom. The first-order valence-corrected chi connectivity index (χ1v) is 10.1. The van der Waals surface area contributed by atoms with Crippen molar-refractivity contribution in [3.63, 3.8) is 0 Å². The molecular weight excluding hydrogens is 376 g/mol. The van der Waals surface area contributed by atoms with Gasteiger partial charge >= 0.3 is 0 Å². The first-order valence-electron chi connectivity index (χ1n) is 8.45. The lowest BCUT2D eigenvalue weighted by atomic mass is 10.2. The van der Waals surface area contributed by atoms with Gasteiger partial charge in [0.05, 0.1) is 23.0 Å². The molecule has 0 spiro atoms. The summed E-state index contributed by atoms with van der Waals surface area (Å²) < 4.78 is 3.37. The van der Waals surface area contributed by atoms with Crippen molar-refractivity contribution in [3.8, 4) is 6.07 Å². The molecule has 0 bridgehead atoms. The summed E-state index contributed by atoms with van der Waals surface area (Å²) in [6, 6.07) is 13.5. The molecule has 7 heteroatoms. The van der Waals surface area contributed by atoms with Crippen LogP contribution in [0.4, 0.5) is 5.69 Å². The topological polar surface area (TPSA) is 61.9 Å². The molecule has 3 heterocycles.